The van der Waals surface area contributed by atoms with Gasteiger partial charge in [-0.3, -0.25) is 29.4 Å². The first-order valence-electron chi connectivity index (χ1n) is 11.1. The SMILES string of the molecule is Cc1cc(C)c2c(c1)[C@]1(C(=O)N2)[C@@H]2C(=O)N(c3ccc([N+](=O)[O-])cc3)C(=O)[C@@H]2[C@H]2CCCN21. The molecule has 1 spiro atoms. The van der Waals surface area contributed by atoms with Gasteiger partial charge in [0.2, 0.25) is 17.7 Å². The monoisotopic (exact) mass is 446 g/mol. The lowest BCUT2D eigenvalue weighted by Gasteiger charge is -2.36. The van der Waals surface area contributed by atoms with Crippen molar-refractivity contribution >= 4 is 34.8 Å². The van der Waals surface area contributed by atoms with E-state index in [2.05, 4.69) is 10.2 Å². The van der Waals surface area contributed by atoms with Crippen molar-refractivity contribution in [2.24, 2.45) is 11.8 Å². The average molecular weight is 446 g/mol. The van der Waals surface area contributed by atoms with E-state index < -0.39 is 28.2 Å². The molecule has 33 heavy (non-hydrogen) atoms. The van der Waals surface area contributed by atoms with Crippen molar-refractivity contribution in [2.75, 3.05) is 16.8 Å². The van der Waals surface area contributed by atoms with Crippen LogP contribution in [0.2, 0.25) is 0 Å². The van der Waals surface area contributed by atoms with Crippen LogP contribution in [0.15, 0.2) is 36.4 Å². The fourth-order valence-corrected chi connectivity index (χ4v) is 6.64. The van der Waals surface area contributed by atoms with E-state index in [9.17, 15) is 24.5 Å². The summed E-state index contributed by atoms with van der Waals surface area (Å²) in [5, 5.41) is 14.1. The topological polar surface area (TPSA) is 113 Å². The van der Waals surface area contributed by atoms with Crippen molar-refractivity contribution in [2.45, 2.75) is 38.3 Å². The second kappa shape index (κ2) is 6.48. The molecule has 0 aromatic heterocycles. The number of non-ortho nitro benzene ring substituents is 1. The number of nitrogens with one attached hydrogen (secondary N) is 1. The molecule has 0 aliphatic carbocycles. The van der Waals surface area contributed by atoms with Gasteiger partial charge in [-0.1, -0.05) is 17.7 Å². The van der Waals surface area contributed by atoms with Crippen molar-refractivity contribution in [3.8, 4) is 0 Å². The first kappa shape index (κ1) is 20.0. The first-order valence-corrected chi connectivity index (χ1v) is 11.1. The maximum absolute atomic E-state index is 13.9. The van der Waals surface area contributed by atoms with Crippen molar-refractivity contribution in [1.82, 2.24) is 4.90 Å². The van der Waals surface area contributed by atoms with Crippen LogP contribution in [-0.4, -0.2) is 40.1 Å². The molecule has 9 nitrogen and oxygen atoms in total. The van der Waals surface area contributed by atoms with Gasteiger partial charge in [-0.2, -0.15) is 0 Å². The molecule has 1 N–H and O–H groups in total. The normalized spacial score (nSPS) is 30.1. The average Bonchev–Trinajstić information content (AvgIpc) is 3.47. The predicted molar refractivity (Wildman–Crippen MR) is 119 cm³/mol. The lowest BCUT2D eigenvalue weighted by atomic mass is 9.75. The van der Waals surface area contributed by atoms with E-state index in [-0.39, 0.29) is 23.5 Å². The number of hydrogen-bond acceptors (Lipinski definition) is 6. The number of nitrogens with zero attached hydrogens (tertiary/aromatic N) is 3. The number of imide groups is 1. The fraction of sp³-hybridized carbons (Fsp3) is 0.375. The summed E-state index contributed by atoms with van der Waals surface area (Å²) >= 11 is 0. The molecule has 0 bridgehead atoms. The number of nitro benzene ring substituents is 1. The van der Waals surface area contributed by atoms with E-state index >= 15 is 0 Å². The van der Waals surface area contributed by atoms with Crippen molar-refractivity contribution in [3.05, 3.63) is 63.2 Å². The lowest BCUT2D eigenvalue weighted by Crippen LogP contribution is -2.54. The molecule has 3 saturated heterocycles. The Labute approximate surface area is 189 Å². The van der Waals surface area contributed by atoms with Crippen LogP contribution in [0.5, 0.6) is 0 Å². The van der Waals surface area contributed by atoms with Crippen molar-refractivity contribution < 1.29 is 19.3 Å². The van der Waals surface area contributed by atoms with Crippen molar-refractivity contribution in [3.63, 3.8) is 0 Å². The number of anilines is 2. The maximum atomic E-state index is 13.9. The molecule has 3 amide bonds. The number of carbonyl (C=O) groups is 3. The molecule has 9 heteroatoms. The summed E-state index contributed by atoms with van der Waals surface area (Å²) in [6.45, 7) is 4.54. The minimum atomic E-state index is -1.22. The van der Waals surface area contributed by atoms with Gasteiger partial charge in [0.15, 0.2) is 0 Å². The van der Waals surface area contributed by atoms with Gasteiger partial charge in [0.1, 0.15) is 5.54 Å². The van der Waals surface area contributed by atoms with Gasteiger partial charge >= 0.3 is 0 Å². The third kappa shape index (κ3) is 2.32. The number of carbonyl (C=O) groups excluding carboxylic acids is 3. The number of rotatable bonds is 2. The molecule has 4 heterocycles. The zero-order chi connectivity index (χ0) is 23.2. The number of benzene rings is 2. The van der Waals surface area contributed by atoms with Gasteiger partial charge in [-0.15, -0.1) is 0 Å². The molecule has 6 rings (SSSR count). The Bertz CT molecular complexity index is 1270. The van der Waals surface area contributed by atoms with Crippen LogP contribution in [0.4, 0.5) is 17.1 Å². The molecular formula is C24H22N4O5. The smallest absolute Gasteiger partial charge is 0.269 e. The van der Waals surface area contributed by atoms with Gasteiger partial charge in [0.05, 0.1) is 22.4 Å². The van der Waals surface area contributed by atoms with E-state index in [0.717, 1.165) is 40.1 Å². The lowest BCUT2D eigenvalue weighted by molar-refractivity contribution is -0.384. The standard InChI is InChI=1S/C24H22N4O5/c1-12-10-13(2)20-16(11-12)24(23(31)25-20)19-18(17-4-3-9-26(17)24)21(29)27(22(19)30)14-5-7-15(8-6-14)28(32)33/h5-8,10-11,17-19H,3-4,9H2,1-2H3,(H,25,31)/t17-,18-,19+,24-/m1/s1. The van der Waals surface area contributed by atoms with E-state index in [4.69, 9.17) is 0 Å². The van der Waals surface area contributed by atoms with E-state index in [0.29, 0.717) is 12.2 Å². The number of nitro groups is 1. The summed E-state index contributed by atoms with van der Waals surface area (Å²) in [5.41, 5.74) is 2.38. The van der Waals surface area contributed by atoms with Gasteiger partial charge in [0.25, 0.3) is 5.69 Å². The van der Waals surface area contributed by atoms with E-state index in [1.807, 2.05) is 26.0 Å². The summed E-state index contributed by atoms with van der Waals surface area (Å²) in [7, 11) is 0. The Morgan fingerprint density at radius 1 is 1.09 bits per heavy atom. The molecule has 0 radical (unpaired) electrons. The van der Waals surface area contributed by atoms with Gasteiger partial charge < -0.3 is 5.32 Å². The highest BCUT2D eigenvalue weighted by molar-refractivity contribution is 6.26. The molecule has 2 aromatic rings. The molecule has 4 aliphatic heterocycles. The van der Waals surface area contributed by atoms with Gasteiger partial charge in [0, 0.05) is 29.4 Å². The number of fused-ring (bicyclic) bond motifs is 7. The molecule has 4 atom stereocenters. The van der Waals surface area contributed by atoms with Crippen LogP contribution < -0.4 is 10.2 Å². The Morgan fingerprint density at radius 3 is 2.52 bits per heavy atom. The summed E-state index contributed by atoms with van der Waals surface area (Å²) in [4.78, 5) is 55.0. The molecule has 0 unspecified atom stereocenters. The predicted octanol–water partition coefficient (Wildman–Crippen LogP) is 2.64. The largest absolute Gasteiger partial charge is 0.324 e. The van der Waals surface area contributed by atoms with Crippen molar-refractivity contribution in [1.29, 1.82) is 0 Å². The highest BCUT2D eigenvalue weighted by Crippen LogP contribution is 2.61. The van der Waals surface area contributed by atoms with E-state index in [1.165, 1.54) is 24.3 Å². The van der Waals surface area contributed by atoms with E-state index in [1.54, 1.807) is 0 Å². The van der Waals surface area contributed by atoms with Crippen LogP contribution in [-0.2, 0) is 19.9 Å². The summed E-state index contributed by atoms with van der Waals surface area (Å²) < 4.78 is 0. The zero-order valence-electron chi connectivity index (χ0n) is 18.2. The number of aryl methyl sites for hydroxylation is 2. The molecule has 3 fully saturated rings. The highest BCUT2D eigenvalue weighted by Gasteiger charge is 2.74. The van der Waals surface area contributed by atoms with Crippen LogP contribution >= 0.6 is 0 Å². The first-order chi connectivity index (χ1) is 15.8. The maximum Gasteiger partial charge on any atom is 0.269 e. The molecular weight excluding hydrogens is 424 g/mol. The van der Waals surface area contributed by atoms with Crippen LogP contribution in [0.1, 0.15) is 29.5 Å². The summed E-state index contributed by atoms with van der Waals surface area (Å²) in [6.07, 6.45) is 1.59. The summed E-state index contributed by atoms with van der Waals surface area (Å²) in [6, 6.07) is 9.17. The Hall–Kier alpha value is -3.59. The van der Waals surface area contributed by atoms with Gasteiger partial charge in [-0.25, -0.2) is 4.90 Å². The second-order valence-electron chi connectivity index (χ2n) is 9.42. The number of hydrogen-bond donors (Lipinski definition) is 1. The van der Waals surface area contributed by atoms with Crippen LogP contribution in [0, 0.1) is 35.8 Å². The van der Waals surface area contributed by atoms with Crippen LogP contribution in [0.25, 0.3) is 0 Å². The third-order valence-corrected chi connectivity index (χ3v) is 7.76. The molecule has 168 valence electrons. The minimum absolute atomic E-state index is 0.119. The number of amides is 3. The molecule has 2 aromatic carbocycles. The quantitative estimate of drug-likeness (QED) is 0.431. The van der Waals surface area contributed by atoms with Gasteiger partial charge in [-0.05, 0) is 50.9 Å². The Kier molecular flexibility index (Phi) is 3.93. The minimum Gasteiger partial charge on any atom is -0.324 e. The zero-order valence-corrected chi connectivity index (χ0v) is 18.2. The fourth-order valence-electron chi connectivity index (χ4n) is 6.64. The Balaban J connectivity index is 1.53. The highest BCUT2D eigenvalue weighted by atomic mass is 16.6. The van der Waals surface area contributed by atoms with Crippen LogP contribution in [0.3, 0.4) is 0 Å². The molecule has 4 aliphatic rings. The third-order valence-electron chi connectivity index (χ3n) is 7.76. The molecule has 0 saturated carbocycles. The second-order valence-corrected chi connectivity index (χ2v) is 9.42. The Morgan fingerprint density at radius 2 is 1.82 bits per heavy atom. The summed E-state index contributed by atoms with van der Waals surface area (Å²) in [5.74, 6) is -2.48.